The van der Waals surface area contributed by atoms with E-state index in [2.05, 4.69) is 37.4 Å². The molecule has 108 valence electrons. The topological polar surface area (TPSA) is 47.3 Å². The van der Waals surface area contributed by atoms with Gasteiger partial charge in [0.25, 0.3) is 0 Å². The highest BCUT2D eigenvalue weighted by molar-refractivity contribution is 5.37. The minimum atomic E-state index is 0.659. The number of rotatable bonds is 9. The standard InChI is InChI=1S/C16H28N2O/c1-4-15-11-14(5-6-16(15)19-3)8-10-18-12-13(2)7-9-17/h5-6,11,13,18H,4,7-10,12,17H2,1-3H3. The van der Waals surface area contributed by atoms with E-state index in [-0.39, 0.29) is 0 Å². The third-order valence-corrected chi connectivity index (χ3v) is 3.47. The molecule has 3 nitrogen and oxygen atoms in total. The number of hydrogen-bond donors (Lipinski definition) is 2. The van der Waals surface area contributed by atoms with Crippen LogP contribution >= 0.6 is 0 Å². The second-order valence-corrected chi connectivity index (χ2v) is 5.14. The summed E-state index contributed by atoms with van der Waals surface area (Å²) >= 11 is 0. The van der Waals surface area contributed by atoms with Gasteiger partial charge in [0.15, 0.2) is 0 Å². The molecular formula is C16H28N2O. The molecule has 0 aliphatic carbocycles. The molecule has 0 fully saturated rings. The highest BCUT2D eigenvalue weighted by atomic mass is 16.5. The fourth-order valence-corrected chi connectivity index (χ4v) is 2.23. The molecule has 1 aromatic rings. The molecule has 0 amide bonds. The van der Waals surface area contributed by atoms with Crippen LogP contribution in [0.1, 0.15) is 31.4 Å². The lowest BCUT2D eigenvalue weighted by Gasteiger charge is -2.12. The molecule has 0 aromatic heterocycles. The van der Waals surface area contributed by atoms with Crippen molar-refractivity contribution < 1.29 is 4.74 Å². The number of methoxy groups -OCH3 is 1. The van der Waals surface area contributed by atoms with Crippen LogP contribution in [0.15, 0.2) is 18.2 Å². The van der Waals surface area contributed by atoms with Crippen molar-refractivity contribution in [3.8, 4) is 5.75 Å². The Kier molecular flexibility index (Phi) is 7.53. The Balaban J connectivity index is 2.37. The predicted molar refractivity (Wildman–Crippen MR) is 81.8 cm³/mol. The predicted octanol–water partition coefficient (Wildman–Crippen LogP) is 2.37. The molecule has 1 atom stereocenters. The van der Waals surface area contributed by atoms with Gasteiger partial charge in [-0.25, -0.2) is 0 Å². The van der Waals surface area contributed by atoms with E-state index in [0.717, 1.165) is 44.6 Å². The lowest BCUT2D eigenvalue weighted by molar-refractivity contribution is 0.410. The van der Waals surface area contributed by atoms with Crippen molar-refractivity contribution in [1.82, 2.24) is 5.32 Å². The molecule has 1 rings (SSSR count). The quantitative estimate of drug-likeness (QED) is 0.673. The minimum absolute atomic E-state index is 0.659. The van der Waals surface area contributed by atoms with Gasteiger partial charge in [-0.05, 0) is 62.0 Å². The Morgan fingerprint density at radius 1 is 1.37 bits per heavy atom. The summed E-state index contributed by atoms with van der Waals surface area (Å²) in [6.07, 6.45) is 3.17. The normalized spacial score (nSPS) is 12.4. The summed E-state index contributed by atoms with van der Waals surface area (Å²) in [5.74, 6) is 1.66. The van der Waals surface area contributed by atoms with E-state index >= 15 is 0 Å². The Labute approximate surface area is 117 Å². The van der Waals surface area contributed by atoms with Crippen LogP contribution in [-0.4, -0.2) is 26.7 Å². The van der Waals surface area contributed by atoms with Crippen molar-refractivity contribution >= 4 is 0 Å². The maximum atomic E-state index is 5.54. The molecular weight excluding hydrogens is 236 g/mol. The summed E-state index contributed by atoms with van der Waals surface area (Å²) in [6, 6.07) is 6.48. The highest BCUT2D eigenvalue weighted by Crippen LogP contribution is 2.20. The SMILES string of the molecule is CCc1cc(CCNCC(C)CCN)ccc1OC. The zero-order valence-corrected chi connectivity index (χ0v) is 12.5. The van der Waals surface area contributed by atoms with Crippen LogP contribution < -0.4 is 15.8 Å². The van der Waals surface area contributed by atoms with E-state index in [0.29, 0.717) is 5.92 Å². The molecule has 0 saturated heterocycles. The van der Waals surface area contributed by atoms with E-state index < -0.39 is 0 Å². The highest BCUT2D eigenvalue weighted by Gasteiger charge is 2.03. The van der Waals surface area contributed by atoms with E-state index in [1.807, 2.05) is 0 Å². The van der Waals surface area contributed by atoms with Gasteiger partial charge in [0.1, 0.15) is 5.75 Å². The average molecular weight is 264 g/mol. The van der Waals surface area contributed by atoms with Crippen LogP contribution in [0.2, 0.25) is 0 Å². The molecule has 19 heavy (non-hydrogen) atoms. The zero-order chi connectivity index (χ0) is 14.1. The van der Waals surface area contributed by atoms with Gasteiger partial charge in [-0.15, -0.1) is 0 Å². The van der Waals surface area contributed by atoms with Gasteiger partial charge >= 0.3 is 0 Å². The zero-order valence-electron chi connectivity index (χ0n) is 12.5. The number of benzene rings is 1. The molecule has 0 heterocycles. The summed E-state index contributed by atoms with van der Waals surface area (Å²) in [5, 5.41) is 3.50. The van der Waals surface area contributed by atoms with Gasteiger partial charge in [0, 0.05) is 0 Å². The third-order valence-electron chi connectivity index (χ3n) is 3.47. The van der Waals surface area contributed by atoms with Crippen molar-refractivity contribution in [3.63, 3.8) is 0 Å². The fraction of sp³-hybridized carbons (Fsp3) is 0.625. The first-order valence-electron chi connectivity index (χ1n) is 7.27. The van der Waals surface area contributed by atoms with Crippen molar-refractivity contribution in [2.45, 2.75) is 33.1 Å². The van der Waals surface area contributed by atoms with E-state index in [1.165, 1.54) is 11.1 Å². The molecule has 0 bridgehead atoms. The number of nitrogens with two attached hydrogens (primary N) is 1. The van der Waals surface area contributed by atoms with E-state index in [1.54, 1.807) is 7.11 Å². The summed E-state index contributed by atoms with van der Waals surface area (Å²) in [5.41, 5.74) is 8.20. The molecule has 0 aliphatic heterocycles. The average Bonchev–Trinajstić information content (AvgIpc) is 2.43. The van der Waals surface area contributed by atoms with Crippen LogP contribution in [0.3, 0.4) is 0 Å². The molecule has 1 unspecified atom stereocenters. The van der Waals surface area contributed by atoms with Gasteiger partial charge in [-0.1, -0.05) is 26.0 Å². The largest absolute Gasteiger partial charge is 0.496 e. The van der Waals surface area contributed by atoms with Crippen LogP contribution in [0.5, 0.6) is 5.75 Å². The summed E-state index contributed by atoms with van der Waals surface area (Å²) in [7, 11) is 1.73. The van der Waals surface area contributed by atoms with Gasteiger partial charge in [0.05, 0.1) is 7.11 Å². The van der Waals surface area contributed by atoms with Gasteiger partial charge in [-0.2, -0.15) is 0 Å². The number of ether oxygens (including phenoxy) is 1. The maximum Gasteiger partial charge on any atom is 0.122 e. The van der Waals surface area contributed by atoms with Gasteiger partial charge < -0.3 is 15.8 Å². The molecule has 3 heteroatoms. The molecule has 0 spiro atoms. The second-order valence-electron chi connectivity index (χ2n) is 5.14. The molecule has 0 radical (unpaired) electrons. The summed E-state index contributed by atoms with van der Waals surface area (Å²) < 4.78 is 5.35. The Morgan fingerprint density at radius 2 is 2.16 bits per heavy atom. The van der Waals surface area contributed by atoms with E-state index in [9.17, 15) is 0 Å². The summed E-state index contributed by atoms with van der Waals surface area (Å²) in [4.78, 5) is 0. The lowest BCUT2D eigenvalue weighted by atomic mass is 10.0. The monoisotopic (exact) mass is 264 g/mol. The smallest absolute Gasteiger partial charge is 0.122 e. The van der Waals surface area contributed by atoms with Crippen molar-refractivity contribution in [3.05, 3.63) is 29.3 Å². The van der Waals surface area contributed by atoms with Gasteiger partial charge in [-0.3, -0.25) is 0 Å². The Morgan fingerprint density at radius 3 is 2.79 bits per heavy atom. The first kappa shape index (κ1) is 16.0. The van der Waals surface area contributed by atoms with Crippen LogP contribution in [0.25, 0.3) is 0 Å². The fourth-order valence-electron chi connectivity index (χ4n) is 2.23. The van der Waals surface area contributed by atoms with Crippen molar-refractivity contribution in [1.29, 1.82) is 0 Å². The molecule has 1 aromatic carbocycles. The van der Waals surface area contributed by atoms with Crippen molar-refractivity contribution in [2.24, 2.45) is 11.7 Å². The van der Waals surface area contributed by atoms with E-state index in [4.69, 9.17) is 10.5 Å². The van der Waals surface area contributed by atoms with Crippen LogP contribution in [-0.2, 0) is 12.8 Å². The number of aryl methyl sites for hydroxylation is 1. The summed E-state index contributed by atoms with van der Waals surface area (Å²) in [6.45, 7) is 7.25. The van der Waals surface area contributed by atoms with Crippen LogP contribution in [0.4, 0.5) is 0 Å². The Hall–Kier alpha value is -1.06. The molecule has 3 N–H and O–H groups in total. The second kappa shape index (κ2) is 8.94. The van der Waals surface area contributed by atoms with Crippen LogP contribution in [0, 0.1) is 5.92 Å². The minimum Gasteiger partial charge on any atom is -0.496 e. The Bertz CT molecular complexity index is 366. The van der Waals surface area contributed by atoms with Gasteiger partial charge in [0.2, 0.25) is 0 Å². The molecule has 0 aliphatic rings. The lowest BCUT2D eigenvalue weighted by Crippen LogP contribution is -2.24. The molecule has 0 saturated carbocycles. The van der Waals surface area contributed by atoms with Crippen molar-refractivity contribution in [2.75, 3.05) is 26.7 Å². The third kappa shape index (κ3) is 5.62. The first-order chi connectivity index (χ1) is 9.21. The maximum absolute atomic E-state index is 5.54. The first-order valence-corrected chi connectivity index (χ1v) is 7.27. The number of hydrogen-bond acceptors (Lipinski definition) is 3. The number of nitrogens with one attached hydrogen (secondary N) is 1.